The van der Waals surface area contributed by atoms with E-state index in [1.807, 2.05) is 50.2 Å². The van der Waals surface area contributed by atoms with Crippen molar-refractivity contribution < 1.29 is 17.9 Å². The van der Waals surface area contributed by atoms with Crippen LogP contribution in [0.3, 0.4) is 0 Å². The number of aryl methyl sites for hydroxylation is 3. The Balaban J connectivity index is 1.49. The van der Waals surface area contributed by atoms with Crippen molar-refractivity contribution >= 4 is 27.8 Å². The number of amides is 1. The minimum absolute atomic E-state index is 0.339. The van der Waals surface area contributed by atoms with Crippen LogP contribution in [0.5, 0.6) is 11.5 Å². The molecule has 1 atom stereocenters. The van der Waals surface area contributed by atoms with E-state index in [0.29, 0.717) is 17.2 Å². The normalized spacial score (nSPS) is 12.3. The second-order valence-corrected chi connectivity index (χ2v) is 11.7. The average Bonchev–Trinajstić information content (AvgIpc) is 3.17. The van der Waals surface area contributed by atoms with Crippen LogP contribution < -0.4 is 14.5 Å². The Morgan fingerprint density at radius 3 is 2.23 bits per heavy atom. The van der Waals surface area contributed by atoms with Gasteiger partial charge in [-0.25, -0.2) is 13.8 Å². The fourth-order valence-electron chi connectivity index (χ4n) is 4.70. The van der Waals surface area contributed by atoms with E-state index in [1.54, 1.807) is 30.5 Å². The maximum absolute atomic E-state index is 13.0. The number of benzene rings is 3. The second kappa shape index (κ2) is 11.8. The van der Waals surface area contributed by atoms with Crippen LogP contribution in [0.25, 0.3) is 5.69 Å². The van der Waals surface area contributed by atoms with Gasteiger partial charge in [-0.1, -0.05) is 35.9 Å². The molecule has 40 heavy (non-hydrogen) atoms. The summed E-state index contributed by atoms with van der Waals surface area (Å²) in [6.45, 7) is 9.67. The van der Waals surface area contributed by atoms with Gasteiger partial charge in [0, 0.05) is 22.6 Å². The fourth-order valence-corrected chi connectivity index (χ4v) is 5.87. The maximum Gasteiger partial charge on any atom is 0.263 e. The Kier molecular flexibility index (Phi) is 8.44. The maximum atomic E-state index is 13.0. The van der Waals surface area contributed by atoms with Gasteiger partial charge in [0.2, 0.25) is 10.0 Å². The molecule has 3 aromatic carbocycles. The van der Waals surface area contributed by atoms with Crippen LogP contribution in [0.15, 0.2) is 84.0 Å². The van der Waals surface area contributed by atoms with Crippen molar-refractivity contribution in [3.8, 4) is 17.2 Å². The molecule has 0 saturated heterocycles. The SMILES string of the molecule is Cc1ccc(-n2c(C)cc(/C=N\NC(=O)[C@H](C)N(c3ccc(Oc4ccccc4)cc3)S(C)(=O)=O)c2C)c(C)c1. The van der Waals surface area contributed by atoms with Gasteiger partial charge in [0.05, 0.1) is 18.2 Å². The summed E-state index contributed by atoms with van der Waals surface area (Å²) in [5, 5.41) is 4.15. The number of para-hydroxylation sites is 1. The van der Waals surface area contributed by atoms with E-state index in [-0.39, 0.29) is 0 Å². The number of hydrogen-bond acceptors (Lipinski definition) is 5. The van der Waals surface area contributed by atoms with Gasteiger partial charge in [-0.05, 0) is 88.7 Å². The summed E-state index contributed by atoms with van der Waals surface area (Å²) in [6.07, 6.45) is 2.64. The summed E-state index contributed by atoms with van der Waals surface area (Å²) in [4.78, 5) is 13.0. The smallest absolute Gasteiger partial charge is 0.263 e. The highest BCUT2D eigenvalue weighted by Gasteiger charge is 2.29. The second-order valence-electron chi connectivity index (χ2n) is 9.83. The Hall–Kier alpha value is -4.37. The molecule has 0 radical (unpaired) electrons. The molecule has 0 aliphatic carbocycles. The third kappa shape index (κ3) is 6.43. The van der Waals surface area contributed by atoms with E-state index >= 15 is 0 Å². The summed E-state index contributed by atoms with van der Waals surface area (Å²) < 4.78 is 34.4. The number of sulfonamides is 1. The Morgan fingerprint density at radius 2 is 1.60 bits per heavy atom. The first-order valence-corrected chi connectivity index (χ1v) is 14.7. The number of carbonyl (C=O) groups is 1. The van der Waals surface area contributed by atoms with Crippen molar-refractivity contribution in [2.75, 3.05) is 10.6 Å². The van der Waals surface area contributed by atoms with Crippen LogP contribution >= 0.6 is 0 Å². The van der Waals surface area contributed by atoms with E-state index in [0.717, 1.165) is 38.8 Å². The molecular weight excluding hydrogens is 524 g/mol. The van der Waals surface area contributed by atoms with Crippen LogP contribution in [-0.4, -0.2) is 37.4 Å². The number of nitrogens with zero attached hydrogens (tertiary/aromatic N) is 3. The van der Waals surface area contributed by atoms with Gasteiger partial charge in [-0.3, -0.25) is 9.10 Å². The summed E-state index contributed by atoms with van der Waals surface area (Å²) >= 11 is 0. The van der Waals surface area contributed by atoms with E-state index < -0.39 is 22.0 Å². The first-order valence-electron chi connectivity index (χ1n) is 12.9. The van der Waals surface area contributed by atoms with Gasteiger partial charge in [0.15, 0.2) is 0 Å². The van der Waals surface area contributed by atoms with Gasteiger partial charge in [0.25, 0.3) is 5.91 Å². The highest BCUT2D eigenvalue weighted by Crippen LogP contribution is 2.27. The predicted molar refractivity (Wildman–Crippen MR) is 160 cm³/mol. The molecule has 8 nitrogen and oxygen atoms in total. The highest BCUT2D eigenvalue weighted by atomic mass is 32.2. The number of hydrogen-bond donors (Lipinski definition) is 1. The van der Waals surface area contributed by atoms with Crippen molar-refractivity contribution in [2.45, 2.75) is 40.7 Å². The van der Waals surface area contributed by atoms with Crippen LogP contribution in [0, 0.1) is 27.7 Å². The summed E-state index contributed by atoms with van der Waals surface area (Å²) in [6, 6.07) is 23.1. The minimum Gasteiger partial charge on any atom is -0.457 e. The number of nitrogens with one attached hydrogen (secondary N) is 1. The molecule has 4 rings (SSSR count). The van der Waals surface area contributed by atoms with Gasteiger partial charge in [-0.15, -0.1) is 0 Å². The molecule has 4 aromatic rings. The molecule has 0 bridgehead atoms. The minimum atomic E-state index is -3.78. The molecule has 0 aliphatic rings. The lowest BCUT2D eigenvalue weighted by atomic mass is 10.1. The van der Waals surface area contributed by atoms with Crippen molar-refractivity contribution in [1.29, 1.82) is 0 Å². The largest absolute Gasteiger partial charge is 0.457 e. The number of rotatable bonds is 9. The molecule has 1 amide bonds. The third-order valence-corrected chi connectivity index (χ3v) is 7.84. The van der Waals surface area contributed by atoms with Gasteiger partial charge < -0.3 is 9.30 Å². The molecule has 0 aliphatic heterocycles. The molecule has 1 N–H and O–H groups in total. The highest BCUT2D eigenvalue weighted by molar-refractivity contribution is 7.92. The fraction of sp³-hybridized carbons (Fsp3) is 0.226. The Labute approximate surface area is 236 Å². The molecule has 0 fully saturated rings. The Bertz CT molecular complexity index is 1640. The molecule has 1 heterocycles. The summed E-state index contributed by atoms with van der Waals surface area (Å²) in [5.74, 6) is 0.647. The van der Waals surface area contributed by atoms with Crippen molar-refractivity contribution in [2.24, 2.45) is 5.10 Å². The van der Waals surface area contributed by atoms with Crippen molar-refractivity contribution in [3.63, 3.8) is 0 Å². The number of ether oxygens (including phenoxy) is 1. The Morgan fingerprint density at radius 1 is 0.950 bits per heavy atom. The van der Waals surface area contributed by atoms with E-state index in [9.17, 15) is 13.2 Å². The lowest BCUT2D eigenvalue weighted by molar-refractivity contribution is -0.121. The average molecular weight is 559 g/mol. The van der Waals surface area contributed by atoms with Crippen LogP contribution in [0.2, 0.25) is 0 Å². The van der Waals surface area contributed by atoms with Crippen molar-refractivity contribution in [1.82, 2.24) is 9.99 Å². The first kappa shape index (κ1) is 28.6. The van der Waals surface area contributed by atoms with Gasteiger partial charge in [-0.2, -0.15) is 5.10 Å². The molecule has 9 heteroatoms. The zero-order valence-electron chi connectivity index (χ0n) is 23.5. The topological polar surface area (TPSA) is 93.0 Å². The lowest BCUT2D eigenvalue weighted by Gasteiger charge is -2.27. The van der Waals surface area contributed by atoms with E-state index in [4.69, 9.17) is 4.74 Å². The molecule has 0 saturated carbocycles. The monoisotopic (exact) mass is 558 g/mol. The van der Waals surface area contributed by atoms with Crippen LogP contribution in [0.1, 0.15) is 35.0 Å². The molecule has 1 aromatic heterocycles. The first-order chi connectivity index (χ1) is 19.0. The number of aromatic nitrogens is 1. The van der Waals surface area contributed by atoms with E-state index in [1.165, 1.54) is 12.5 Å². The van der Waals surface area contributed by atoms with Gasteiger partial charge >= 0.3 is 0 Å². The van der Waals surface area contributed by atoms with Crippen molar-refractivity contribution in [3.05, 3.63) is 107 Å². The molecule has 0 spiro atoms. The van der Waals surface area contributed by atoms with Crippen LogP contribution in [0.4, 0.5) is 5.69 Å². The number of hydrazone groups is 1. The summed E-state index contributed by atoms with van der Waals surface area (Å²) in [7, 11) is -3.78. The lowest BCUT2D eigenvalue weighted by Crippen LogP contribution is -2.46. The molecule has 0 unspecified atom stereocenters. The number of anilines is 1. The third-order valence-electron chi connectivity index (χ3n) is 6.60. The quantitative estimate of drug-likeness (QED) is 0.207. The zero-order valence-corrected chi connectivity index (χ0v) is 24.4. The standard InChI is InChI=1S/C31H34N4O4S/c1-21-12-17-30(22(2)18-21)34-23(3)19-26(24(34)4)20-32-33-31(36)25(5)35(40(6,37)38)27-13-15-29(16-14-27)39-28-10-8-7-9-11-28/h7-20,25H,1-6H3,(H,33,36)/b32-20-/t25-/m0/s1. The van der Waals surface area contributed by atoms with Gasteiger partial charge in [0.1, 0.15) is 17.5 Å². The zero-order chi connectivity index (χ0) is 29.0. The number of carbonyl (C=O) groups excluding carboxylic acids is 1. The molecular formula is C31H34N4O4S. The molecule has 208 valence electrons. The van der Waals surface area contributed by atoms with E-state index in [2.05, 4.69) is 47.1 Å². The van der Waals surface area contributed by atoms with Crippen LogP contribution in [-0.2, 0) is 14.8 Å². The summed E-state index contributed by atoms with van der Waals surface area (Å²) in [5.41, 5.74) is 9.14. The predicted octanol–water partition coefficient (Wildman–Crippen LogP) is 5.81.